The van der Waals surface area contributed by atoms with Crippen molar-refractivity contribution in [3.8, 4) is 0 Å². The van der Waals surface area contributed by atoms with Gasteiger partial charge < -0.3 is 15.1 Å². The van der Waals surface area contributed by atoms with Gasteiger partial charge in [0.2, 0.25) is 0 Å². The molecule has 10 heavy (non-hydrogen) atoms. The number of aromatic nitrogens is 1. The highest BCUT2D eigenvalue weighted by atomic mass is 16.5. The summed E-state index contributed by atoms with van der Waals surface area (Å²) in [6, 6.07) is 2.37. The molecule has 1 aromatic rings. The highest BCUT2D eigenvalue weighted by Gasteiger charge is 1.92. The molecule has 0 aliphatic rings. The van der Waals surface area contributed by atoms with E-state index in [0.29, 0.717) is 4.73 Å². The van der Waals surface area contributed by atoms with Crippen LogP contribution in [-0.4, -0.2) is 5.97 Å². The molecule has 52 valence electrons. The van der Waals surface area contributed by atoms with Gasteiger partial charge in [0.05, 0.1) is 5.97 Å². The third-order valence-electron chi connectivity index (χ3n) is 1.04. The van der Waals surface area contributed by atoms with Crippen LogP contribution < -0.4 is 9.84 Å². The van der Waals surface area contributed by atoms with Crippen LogP contribution in [0.25, 0.3) is 0 Å². The van der Waals surface area contributed by atoms with E-state index in [2.05, 4.69) is 0 Å². The summed E-state index contributed by atoms with van der Waals surface area (Å²) in [6.45, 7) is 0. The zero-order valence-corrected chi connectivity index (χ0v) is 4.98. The lowest BCUT2D eigenvalue weighted by molar-refractivity contribution is -0.605. The molecule has 0 fully saturated rings. The molecule has 0 radical (unpaired) electrons. The summed E-state index contributed by atoms with van der Waals surface area (Å²) in [5.74, 6) is -1.28. The summed E-state index contributed by atoms with van der Waals surface area (Å²) < 4.78 is 0.506. The van der Waals surface area contributed by atoms with E-state index >= 15 is 0 Å². The van der Waals surface area contributed by atoms with Gasteiger partial charge in [-0.1, -0.05) is 0 Å². The van der Waals surface area contributed by atoms with Gasteiger partial charge in [0.15, 0.2) is 12.4 Å². The fraction of sp³-hybridized carbons (Fsp3) is 0. The Morgan fingerprint density at radius 1 is 1.40 bits per heavy atom. The number of pyridine rings is 1. The Kier molecular flexibility index (Phi) is 1.53. The summed E-state index contributed by atoms with van der Waals surface area (Å²) in [4.78, 5) is 10.1. The normalized spacial score (nSPS) is 9.20. The number of hydrogen-bond donors (Lipinski definition) is 0. The Balaban J connectivity index is 3.00. The van der Waals surface area contributed by atoms with Gasteiger partial charge in [0.25, 0.3) is 0 Å². The van der Waals surface area contributed by atoms with Crippen molar-refractivity contribution in [1.29, 1.82) is 0 Å². The van der Waals surface area contributed by atoms with Gasteiger partial charge in [-0.3, -0.25) is 0 Å². The first kappa shape index (κ1) is 6.54. The van der Waals surface area contributed by atoms with Crippen LogP contribution in [0.3, 0.4) is 0 Å². The van der Waals surface area contributed by atoms with Crippen LogP contribution in [0.5, 0.6) is 0 Å². The molecule has 0 atom stereocenters. The number of rotatable bonds is 1. The van der Waals surface area contributed by atoms with Crippen molar-refractivity contribution < 1.29 is 14.6 Å². The molecule has 1 aromatic heterocycles. The molecular formula is C6H4NO3-. The van der Waals surface area contributed by atoms with Crippen LogP contribution in [0.4, 0.5) is 0 Å². The van der Waals surface area contributed by atoms with Gasteiger partial charge in [-0.15, -0.1) is 0 Å². The van der Waals surface area contributed by atoms with Gasteiger partial charge in [-0.25, -0.2) is 0 Å². The number of carbonyl (C=O) groups excluding carboxylic acids is 1. The molecule has 0 bridgehead atoms. The second kappa shape index (κ2) is 2.34. The lowest BCUT2D eigenvalue weighted by Gasteiger charge is -1.99. The fourth-order valence-corrected chi connectivity index (χ4v) is 0.549. The van der Waals surface area contributed by atoms with Gasteiger partial charge in [-0.2, -0.15) is 4.73 Å². The first-order valence-corrected chi connectivity index (χ1v) is 2.60. The van der Waals surface area contributed by atoms with Gasteiger partial charge >= 0.3 is 0 Å². The largest absolute Gasteiger partial charge is 0.619 e. The average Bonchev–Trinajstić information content (AvgIpc) is 1.88. The summed E-state index contributed by atoms with van der Waals surface area (Å²) in [6.07, 6.45) is 2.20. The molecule has 0 aromatic carbocycles. The third-order valence-corrected chi connectivity index (χ3v) is 1.04. The predicted molar refractivity (Wildman–Crippen MR) is 29.7 cm³/mol. The van der Waals surface area contributed by atoms with E-state index in [-0.39, 0.29) is 5.56 Å². The van der Waals surface area contributed by atoms with Crippen molar-refractivity contribution in [2.75, 3.05) is 0 Å². The topological polar surface area (TPSA) is 67.1 Å². The third kappa shape index (κ3) is 1.22. The Bertz CT molecular complexity index is 242. The van der Waals surface area contributed by atoms with E-state index < -0.39 is 5.97 Å². The van der Waals surface area contributed by atoms with E-state index in [4.69, 9.17) is 0 Å². The molecule has 0 saturated heterocycles. The molecular weight excluding hydrogens is 134 g/mol. The fourth-order valence-electron chi connectivity index (χ4n) is 0.549. The van der Waals surface area contributed by atoms with Crippen LogP contribution in [0.15, 0.2) is 24.5 Å². The Labute approximate surface area is 56.9 Å². The Hall–Kier alpha value is -1.58. The number of carbonyl (C=O) groups is 1. The molecule has 0 saturated carbocycles. The molecule has 0 amide bonds. The van der Waals surface area contributed by atoms with Crippen molar-refractivity contribution in [2.24, 2.45) is 0 Å². The summed E-state index contributed by atoms with van der Waals surface area (Å²) in [7, 11) is 0. The Morgan fingerprint density at radius 2 is 1.90 bits per heavy atom. The van der Waals surface area contributed by atoms with Crippen molar-refractivity contribution in [3.05, 3.63) is 35.3 Å². The zero-order valence-electron chi connectivity index (χ0n) is 4.98. The smallest absolute Gasteiger partial charge is 0.181 e. The number of carboxylic acid groups (broad SMARTS) is 1. The summed E-state index contributed by atoms with van der Waals surface area (Å²) >= 11 is 0. The SMILES string of the molecule is O=C([O-])c1cc[n+]([O-])cc1. The Morgan fingerprint density at radius 3 is 2.30 bits per heavy atom. The standard InChI is InChI=1S/C6H5NO3/c8-6(9)5-1-3-7(10)4-2-5/h1-4H,(H,8,9)/p-1. The maximum absolute atomic E-state index is 10.3. The minimum absolute atomic E-state index is 0.00657. The second-order valence-electron chi connectivity index (χ2n) is 1.73. The van der Waals surface area contributed by atoms with Crippen molar-refractivity contribution in [3.63, 3.8) is 0 Å². The van der Waals surface area contributed by atoms with E-state index in [1.807, 2.05) is 0 Å². The molecule has 0 spiro atoms. The van der Waals surface area contributed by atoms with Crippen molar-refractivity contribution in [2.45, 2.75) is 0 Å². The van der Waals surface area contributed by atoms with E-state index in [1.54, 1.807) is 0 Å². The molecule has 4 nitrogen and oxygen atoms in total. The molecule has 1 rings (SSSR count). The zero-order chi connectivity index (χ0) is 7.56. The van der Waals surface area contributed by atoms with E-state index in [0.717, 1.165) is 12.4 Å². The summed E-state index contributed by atoms with van der Waals surface area (Å²) in [5.41, 5.74) is 0.00657. The highest BCUT2D eigenvalue weighted by Crippen LogP contribution is 1.90. The van der Waals surface area contributed by atoms with E-state index in [9.17, 15) is 15.1 Å². The molecule has 1 heterocycles. The molecule has 0 aliphatic heterocycles. The minimum Gasteiger partial charge on any atom is -0.619 e. The lowest BCUT2D eigenvalue weighted by Crippen LogP contribution is -2.27. The van der Waals surface area contributed by atoms with E-state index in [1.165, 1.54) is 12.1 Å². The number of aromatic carboxylic acids is 1. The summed E-state index contributed by atoms with van der Waals surface area (Å²) in [5, 5.41) is 20.4. The van der Waals surface area contributed by atoms with Crippen LogP contribution in [-0.2, 0) is 0 Å². The first-order chi connectivity index (χ1) is 4.70. The number of hydrogen-bond acceptors (Lipinski definition) is 3. The molecule has 0 N–H and O–H groups in total. The maximum Gasteiger partial charge on any atom is 0.181 e. The van der Waals surface area contributed by atoms with Gasteiger partial charge in [-0.05, 0) is 0 Å². The lowest BCUT2D eigenvalue weighted by atomic mass is 10.3. The monoisotopic (exact) mass is 138 g/mol. The van der Waals surface area contributed by atoms with Crippen LogP contribution in [0.2, 0.25) is 0 Å². The predicted octanol–water partition coefficient (Wildman–Crippen LogP) is -1.32. The quantitative estimate of drug-likeness (QED) is 0.357. The highest BCUT2D eigenvalue weighted by molar-refractivity contribution is 5.85. The van der Waals surface area contributed by atoms with Gasteiger partial charge in [0, 0.05) is 17.7 Å². The van der Waals surface area contributed by atoms with Crippen molar-refractivity contribution in [1.82, 2.24) is 0 Å². The minimum atomic E-state index is -1.28. The first-order valence-electron chi connectivity index (χ1n) is 2.60. The number of nitrogens with zero attached hydrogens (tertiary/aromatic N) is 1. The average molecular weight is 138 g/mol. The van der Waals surface area contributed by atoms with Crippen LogP contribution in [0.1, 0.15) is 10.4 Å². The van der Waals surface area contributed by atoms with Gasteiger partial charge in [0.1, 0.15) is 0 Å². The second-order valence-corrected chi connectivity index (χ2v) is 1.73. The maximum atomic E-state index is 10.3. The molecule has 0 unspecified atom stereocenters. The van der Waals surface area contributed by atoms with Crippen LogP contribution >= 0.6 is 0 Å². The molecule has 0 aliphatic carbocycles. The molecule has 4 heteroatoms. The van der Waals surface area contributed by atoms with Crippen LogP contribution in [0, 0.1) is 5.21 Å². The van der Waals surface area contributed by atoms with Crippen molar-refractivity contribution >= 4 is 5.97 Å². The number of carboxylic acids is 1.